The van der Waals surface area contributed by atoms with E-state index < -0.39 is 4.92 Å². The van der Waals surface area contributed by atoms with Gasteiger partial charge in [0.1, 0.15) is 5.75 Å². The molecular weight excluding hydrogens is 166 g/mol. The topological polar surface area (TPSA) is 63.4 Å². The Morgan fingerprint density at radius 3 is 2.64 bits per heavy atom. The molecule has 58 valence electrons. The maximum Gasteiger partial charge on any atom is 0.270 e. The molecule has 0 unspecified atom stereocenters. The van der Waals surface area contributed by atoms with Gasteiger partial charge in [0.2, 0.25) is 0 Å². The Morgan fingerprint density at radius 1 is 1.55 bits per heavy atom. The molecular formula is C6H5NO3S. The number of hydrogen-bond donors (Lipinski definition) is 2. The standard InChI is InChI=1S/C6H5NO3S/c8-5-2-1-4(7(9)10)3-6(5)11/h1-3,8,11H. The minimum Gasteiger partial charge on any atom is -0.507 e. The van der Waals surface area contributed by atoms with Crippen LogP contribution >= 0.6 is 12.6 Å². The predicted octanol–water partition coefficient (Wildman–Crippen LogP) is 1.59. The minimum absolute atomic E-state index is 0.0565. The Balaban J connectivity index is 3.15. The van der Waals surface area contributed by atoms with E-state index in [1.807, 2.05) is 0 Å². The van der Waals surface area contributed by atoms with E-state index in [-0.39, 0.29) is 16.3 Å². The van der Waals surface area contributed by atoms with E-state index in [0.717, 1.165) is 0 Å². The van der Waals surface area contributed by atoms with Crippen molar-refractivity contribution < 1.29 is 10.0 Å². The fourth-order valence-electron chi connectivity index (χ4n) is 0.625. The summed E-state index contributed by atoms with van der Waals surface area (Å²) in [5.41, 5.74) is -0.0761. The quantitative estimate of drug-likeness (QED) is 0.383. The normalized spacial score (nSPS) is 9.55. The minimum atomic E-state index is -0.542. The van der Waals surface area contributed by atoms with E-state index in [1.165, 1.54) is 18.2 Å². The Morgan fingerprint density at radius 2 is 2.18 bits per heavy atom. The van der Waals surface area contributed by atoms with E-state index in [9.17, 15) is 10.1 Å². The summed E-state index contributed by atoms with van der Waals surface area (Å²) in [4.78, 5) is 9.82. The summed E-state index contributed by atoms with van der Waals surface area (Å²) >= 11 is 3.81. The molecule has 0 bridgehead atoms. The van der Waals surface area contributed by atoms with Crippen LogP contribution in [0.3, 0.4) is 0 Å². The lowest BCUT2D eigenvalue weighted by atomic mass is 10.3. The third-order valence-electron chi connectivity index (χ3n) is 1.17. The molecule has 4 nitrogen and oxygen atoms in total. The van der Waals surface area contributed by atoms with E-state index >= 15 is 0 Å². The van der Waals surface area contributed by atoms with Gasteiger partial charge in [-0.15, -0.1) is 12.6 Å². The number of phenols is 1. The summed E-state index contributed by atoms with van der Waals surface area (Å²) in [6.07, 6.45) is 0. The Labute approximate surface area is 68.0 Å². The van der Waals surface area contributed by atoms with E-state index in [4.69, 9.17) is 5.11 Å². The number of hydrogen-bond acceptors (Lipinski definition) is 4. The van der Waals surface area contributed by atoms with Gasteiger partial charge >= 0.3 is 0 Å². The maximum atomic E-state index is 10.2. The molecule has 1 aromatic carbocycles. The molecule has 0 saturated heterocycles. The van der Waals surface area contributed by atoms with E-state index in [0.29, 0.717) is 0 Å². The van der Waals surface area contributed by atoms with Crippen molar-refractivity contribution in [1.29, 1.82) is 0 Å². The van der Waals surface area contributed by atoms with Gasteiger partial charge < -0.3 is 5.11 Å². The summed E-state index contributed by atoms with van der Waals surface area (Å²) in [5.74, 6) is -0.0565. The average molecular weight is 171 g/mol. The van der Waals surface area contributed by atoms with Crippen molar-refractivity contribution in [3.63, 3.8) is 0 Å². The van der Waals surface area contributed by atoms with Crippen molar-refractivity contribution in [3.8, 4) is 5.75 Å². The van der Waals surface area contributed by atoms with Gasteiger partial charge in [-0.05, 0) is 6.07 Å². The van der Waals surface area contributed by atoms with Gasteiger partial charge in [0.05, 0.1) is 9.82 Å². The molecule has 0 spiro atoms. The SMILES string of the molecule is O=[N+]([O-])c1ccc(O)c(S)c1. The zero-order valence-electron chi connectivity index (χ0n) is 5.39. The number of benzene rings is 1. The monoisotopic (exact) mass is 171 g/mol. The highest BCUT2D eigenvalue weighted by Gasteiger charge is 2.06. The molecule has 1 rings (SSSR count). The van der Waals surface area contributed by atoms with Crippen LogP contribution in [0.2, 0.25) is 0 Å². The van der Waals surface area contributed by atoms with E-state index in [1.54, 1.807) is 0 Å². The molecule has 1 aromatic rings. The number of non-ortho nitro benzene ring substituents is 1. The molecule has 0 radical (unpaired) electrons. The second-order valence-electron chi connectivity index (χ2n) is 1.93. The van der Waals surface area contributed by atoms with Gasteiger partial charge in [0.15, 0.2) is 0 Å². The number of nitro benzene ring substituents is 1. The molecule has 11 heavy (non-hydrogen) atoms. The number of nitro groups is 1. The van der Waals surface area contributed by atoms with Crippen LogP contribution in [0.15, 0.2) is 23.1 Å². The largest absolute Gasteiger partial charge is 0.507 e. The molecule has 0 saturated carbocycles. The molecule has 5 heteroatoms. The average Bonchev–Trinajstić information content (AvgIpc) is 1.94. The highest BCUT2D eigenvalue weighted by molar-refractivity contribution is 7.80. The van der Waals surface area contributed by atoms with Gasteiger partial charge in [-0.2, -0.15) is 0 Å². The third kappa shape index (κ3) is 1.62. The predicted molar refractivity (Wildman–Crippen MR) is 42.0 cm³/mol. The van der Waals surface area contributed by atoms with Gasteiger partial charge in [-0.1, -0.05) is 0 Å². The number of phenolic OH excluding ortho intramolecular Hbond substituents is 1. The summed E-state index contributed by atoms with van der Waals surface area (Å²) in [5, 5.41) is 19.1. The smallest absolute Gasteiger partial charge is 0.270 e. The molecule has 0 fully saturated rings. The highest BCUT2D eigenvalue weighted by atomic mass is 32.1. The molecule has 0 atom stereocenters. The first-order chi connectivity index (χ1) is 5.11. The van der Waals surface area contributed by atoms with Crippen molar-refractivity contribution >= 4 is 18.3 Å². The van der Waals surface area contributed by atoms with Crippen LogP contribution in [0.25, 0.3) is 0 Å². The molecule has 1 N–H and O–H groups in total. The van der Waals surface area contributed by atoms with Crippen molar-refractivity contribution in [3.05, 3.63) is 28.3 Å². The number of aromatic hydroxyl groups is 1. The lowest BCUT2D eigenvalue weighted by Crippen LogP contribution is -1.86. The third-order valence-corrected chi connectivity index (χ3v) is 1.53. The Hall–Kier alpha value is -1.23. The first-order valence-corrected chi connectivity index (χ1v) is 3.22. The van der Waals surface area contributed by atoms with Crippen LogP contribution in [0, 0.1) is 10.1 Å². The molecule has 0 amide bonds. The molecule has 0 aromatic heterocycles. The molecule has 0 aliphatic carbocycles. The first-order valence-electron chi connectivity index (χ1n) is 2.77. The maximum absolute atomic E-state index is 10.2. The summed E-state index contributed by atoms with van der Waals surface area (Å²) in [6, 6.07) is 3.65. The summed E-state index contributed by atoms with van der Waals surface area (Å²) in [6.45, 7) is 0. The number of thiol groups is 1. The van der Waals surface area contributed by atoms with Crippen LogP contribution in [-0.4, -0.2) is 10.0 Å². The Kier molecular flexibility index (Phi) is 2.00. The highest BCUT2D eigenvalue weighted by Crippen LogP contribution is 2.25. The van der Waals surface area contributed by atoms with Gasteiger partial charge in [0.25, 0.3) is 5.69 Å². The second-order valence-corrected chi connectivity index (χ2v) is 2.41. The Bertz CT molecular complexity index is 300. The van der Waals surface area contributed by atoms with Crippen LogP contribution in [0.4, 0.5) is 5.69 Å². The van der Waals surface area contributed by atoms with Gasteiger partial charge in [-0.3, -0.25) is 10.1 Å². The van der Waals surface area contributed by atoms with E-state index in [2.05, 4.69) is 12.6 Å². The van der Waals surface area contributed by atoms with Crippen LogP contribution in [0.1, 0.15) is 0 Å². The van der Waals surface area contributed by atoms with Crippen molar-refractivity contribution in [2.75, 3.05) is 0 Å². The van der Waals surface area contributed by atoms with Crippen molar-refractivity contribution in [2.24, 2.45) is 0 Å². The van der Waals surface area contributed by atoms with Crippen molar-refractivity contribution in [2.45, 2.75) is 4.90 Å². The van der Waals surface area contributed by atoms with Gasteiger partial charge in [0, 0.05) is 12.1 Å². The van der Waals surface area contributed by atoms with Crippen LogP contribution < -0.4 is 0 Å². The fourth-order valence-corrected chi connectivity index (χ4v) is 0.832. The zero-order valence-corrected chi connectivity index (χ0v) is 6.28. The molecule has 0 aliphatic heterocycles. The second kappa shape index (κ2) is 2.79. The number of rotatable bonds is 1. The molecule has 0 heterocycles. The lowest BCUT2D eigenvalue weighted by Gasteiger charge is -1.95. The van der Waals surface area contributed by atoms with Crippen LogP contribution in [-0.2, 0) is 0 Å². The van der Waals surface area contributed by atoms with Crippen molar-refractivity contribution in [1.82, 2.24) is 0 Å². The number of nitrogens with zero attached hydrogens (tertiary/aromatic N) is 1. The lowest BCUT2D eigenvalue weighted by molar-refractivity contribution is -0.385. The first kappa shape index (κ1) is 7.87. The fraction of sp³-hybridized carbons (Fsp3) is 0. The van der Waals surface area contributed by atoms with Gasteiger partial charge in [-0.25, -0.2) is 0 Å². The summed E-state index contributed by atoms with van der Waals surface area (Å²) in [7, 11) is 0. The summed E-state index contributed by atoms with van der Waals surface area (Å²) < 4.78 is 0. The molecule has 0 aliphatic rings. The zero-order chi connectivity index (χ0) is 8.43. The van der Waals surface area contributed by atoms with Crippen LogP contribution in [0.5, 0.6) is 5.75 Å².